The quantitative estimate of drug-likeness (QED) is 0.595. The van der Waals surface area contributed by atoms with Crippen LogP contribution in [0.1, 0.15) is 27.1 Å². The normalized spacial score (nSPS) is 9.35. The van der Waals surface area contributed by atoms with Crippen LogP contribution in [0, 0.1) is 12.3 Å². The number of carboxylic acid groups (broad SMARTS) is 2. The van der Waals surface area contributed by atoms with Crippen molar-refractivity contribution in [3.05, 3.63) is 29.3 Å². The van der Waals surface area contributed by atoms with Crippen molar-refractivity contribution in [2.24, 2.45) is 0 Å². The number of benzene rings is 1. The number of rotatable bonds is 5. The predicted molar refractivity (Wildman–Crippen MR) is 59.3 cm³/mol. The number of carbonyl (C=O) groups is 2. The van der Waals surface area contributed by atoms with E-state index in [9.17, 15) is 9.59 Å². The lowest BCUT2D eigenvalue weighted by Crippen LogP contribution is -2.06. The van der Waals surface area contributed by atoms with Gasteiger partial charge in [-0.3, -0.25) is 0 Å². The summed E-state index contributed by atoms with van der Waals surface area (Å²) in [5.41, 5.74) is -0.127. The molecule has 0 spiro atoms. The molecular formula is C12H10O5. The molecule has 0 aliphatic rings. The summed E-state index contributed by atoms with van der Waals surface area (Å²) < 4.78 is 5.14. The van der Waals surface area contributed by atoms with E-state index in [4.69, 9.17) is 21.4 Å². The Morgan fingerprint density at radius 3 is 2.53 bits per heavy atom. The van der Waals surface area contributed by atoms with Crippen LogP contribution in [0.5, 0.6) is 5.75 Å². The van der Waals surface area contributed by atoms with Crippen molar-refractivity contribution in [2.75, 3.05) is 6.61 Å². The summed E-state index contributed by atoms with van der Waals surface area (Å²) in [4.78, 5) is 21.6. The molecule has 0 aliphatic carbocycles. The third-order valence-electron chi connectivity index (χ3n) is 1.96. The molecule has 0 atom stereocenters. The monoisotopic (exact) mass is 234 g/mol. The van der Waals surface area contributed by atoms with Gasteiger partial charge in [-0.1, -0.05) is 0 Å². The molecule has 2 N–H and O–H groups in total. The van der Waals surface area contributed by atoms with Crippen LogP contribution >= 0.6 is 0 Å². The third-order valence-corrected chi connectivity index (χ3v) is 1.96. The van der Waals surface area contributed by atoms with Gasteiger partial charge in [0.1, 0.15) is 11.3 Å². The van der Waals surface area contributed by atoms with Crippen LogP contribution in [-0.4, -0.2) is 28.8 Å². The molecule has 1 aromatic rings. The van der Waals surface area contributed by atoms with Crippen molar-refractivity contribution in [3.8, 4) is 18.1 Å². The van der Waals surface area contributed by atoms with Gasteiger partial charge in [0, 0.05) is 6.42 Å². The molecule has 5 heteroatoms. The van der Waals surface area contributed by atoms with Gasteiger partial charge in [-0.05, 0) is 18.2 Å². The summed E-state index contributed by atoms with van der Waals surface area (Å²) in [6, 6.07) is 3.57. The van der Waals surface area contributed by atoms with Gasteiger partial charge in [-0.2, -0.15) is 0 Å². The molecule has 1 rings (SSSR count). The predicted octanol–water partition coefficient (Wildman–Crippen LogP) is 1.49. The molecule has 0 aliphatic heterocycles. The highest BCUT2D eigenvalue weighted by molar-refractivity contribution is 5.94. The average Bonchev–Trinajstić information content (AvgIpc) is 2.28. The Labute approximate surface area is 97.6 Å². The van der Waals surface area contributed by atoms with Gasteiger partial charge in [-0.25, -0.2) is 9.59 Å². The molecule has 0 saturated carbocycles. The Morgan fingerprint density at radius 2 is 2.00 bits per heavy atom. The molecule has 0 bridgehead atoms. The maximum absolute atomic E-state index is 10.9. The fraction of sp³-hybridized carbons (Fsp3) is 0.167. The number of ether oxygens (including phenoxy) is 1. The maximum Gasteiger partial charge on any atom is 0.339 e. The van der Waals surface area contributed by atoms with Gasteiger partial charge in [-0.15, -0.1) is 12.3 Å². The number of aromatic carboxylic acids is 2. The first-order valence-corrected chi connectivity index (χ1v) is 4.73. The van der Waals surface area contributed by atoms with Crippen LogP contribution in [0.3, 0.4) is 0 Å². The van der Waals surface area contributed by atoms with Crippen LogP contribution < -0.4 is 4.74 Å². The molecule has 0 amide bonds. The van der Waals surface area contributed by atoms with Crippen LogP contribution in [0.25, 0.3) is 0 Å². The fourth-order valence-electron chi connectivity index (χ4n) is 1.17. The molecule has 0 unspecified atom stereocenters. The Kier molecular flexibility index (Phi) is 4.12. The van der Waals surface area contributed by atoms with E-state index in [2.05, 4.69) is 5.92 Å². The van der Waals surface area contributed by atoms with Crippen molar-refractivity contribution in [1.82, 2.24) is 0 Å². The van der Waals surface area contributed by atoms with Crippen molar-refractivity contribution in [2.45, 2.75) is 6.42 Å². The zero-order chi connectivity index (χ0) is 12.8. The highest BCUT2D eigenvalue weighted by Crippen LogP contribution is 2.21. The first-order valence-electron chi connectivity index (χ1n) is 4.73. The molecule has 88 valence electrons. The summed E-state index contributed by atoms with van der Waals surface area (Å²) >= 11 is 0. The van der Waals surface area contributed by atoms with E-state index in [0.717, 1.165) is 0 Å². The van der Waals surface area contributed by atoms with E-state index in [1.165, 1.54) is 18.2 Å². The third kappa shape index (κ3) is 3.24. The van der Waals surface area contributed by atoms with Gasteiger partial charge >= 0.3 is 11.9 Å². The lowest BCUT2D eigenvalue weighted by Gasteiger charge is -2.08. The number of terminal acetylenes is 1. The number of hydrogen-bond donors (Lipinski definition) is 2. The van der Waals surface area contributed by atoms with Crippen LogP contribution in [-0.2, 0) is 0 Å². The Hall–Kier alpha value is -2.48. The molecule has 0 fully saturated rings. The minimum atomic E-state index is -1.18. The second kappa shape index (κ2) is 5.56. The summed E-state index contributed by atoms with van der Waals surface area (Å²) in [5, 5.41) is 17.7. The standard InChI is InChI=1S/C12H10O5/c1-2-3-6-17-10-7-8(11(13)14)4-5-9(10)12(15)16/h1,4-5,7H,3,6H2,(H,13,14)(H,15,16). The first kappa shape index (κ1) is 12.6. The van der Waals surface area contributed by atoms with Gasteiger partial charge in [0.2, 0.25) is 0 Å². The van der Waals surface area contributed by atoms with Crippen molar-refractivity contribution >= 4 is 11.9 Å². The van der Waals surface area contributed by atoms with Gasteiger partial charge in [0.05, 0.1) is 12.2 Å². The SMILES string of the molecule is C#CCCOc1cc(C(=O)O)ccc1C(=O)O. The summed E-state index contributed by atoms with van der Waals surface area (Å²) in [6.45, 7) is 0.139. The molecular weight excluding hydrogens is 224 g/mol. The lowest BCUT2D eigenvalue weighted by atomic mass is 10.1. The molecule has 0 heterocycles. The summed E-state index contributed by atoms with van der Waals surface area (Å²) in [7, 11) is 0. The zero-order valence-electron chi connectivity index (χ0n) is 8.84. The second-order valence-electron chi connectivity index (χ2n) is 3.12. The minimum Gasteiger partial charge on any atom is -0.492 e. The second-order valence-corrected chi connectivity index (χ2v) is 3.12. The largest absolute Gasteiger partial charge is 0.492 e. The first-order chi connectivity index (χ1) is 8.06. The van der Waals surface area contributed by atoms with Gasteiger partial charge in [0.15, 0.2) is 0 Å². The van der Waals surface area contributed by atoms with Crippen molar-refractivity contribution < 1.29 is 24.5 Å². The van der Waals surface area contributed by atoms with E-state index in [-0.39, 0.29) is 23.5 Å². The summed E-state index contributed by atoms with van der Waals surface area (Å²) in [5.74, 6) is 0.0103. The number of carboxylic acids is 2. The van der Waals surface area contributed by atoms with E-state index in [0.29, 0.717) is 6.42 Å². The smallest absolute Gasteiger partial charge is 0.339 e. The van der Waals surface area contributed by atoms with E-state index in [1.807, 2.05) is 0 Å². The Bertz CT molecular complexity index is 484. The molecule has 0 saturated heterocycles. The highest BCUT2D eigenvalue weighted by atomic mass is 16.5. The van der Waals surface area contributed by atoms with Gasteiger partial charge < -0.3 is 14.9 Å². The Balaban J connectivity index is 3.03. The van der Waals surface area contributed by atoms with E-state index >= 15 is 0 Å². The molecule has 0 aromatic heterocycles. The zero-order valence-corrected chi connectivity index (χ0v) is 8.84. The highest BCUT2D eigenvalue weighted by Gasteiger charge is 2.14. The van der Waals surface area contributed by atoms with Crippen molar-refractivity contribution in [3.63, 3.8) is 0 Å². The maximum atomic E-state index is 10.9. The van der Waals surface area contributed by atoms with Crippen LogP contribution in [0.4, 0.5) is 0 Å². The number of hydrogen-bond acceptors (Lipinski definition) is 3. The molecule has 0 radical (unpaired) electrons. The van der Waals surface area contributed by atoms with Gasteiger partial charge in [0.25, 0.3) is 0 Å². The molecule has 1 aromatic carbocycles. The van der Waals surface area contributed by atoms with E-state index in [1.54, 1.807) is 0 Å². The molecule has 17 heavy (non-hydrogen) atoms. The topological polar surface area (TPSA) is 83.8 Å². The van der Waals surface area contributed by atoms with Crippen LogP contribution in [0.15, 0.2) is 18.2 Å². The Morgan fingerprint density at radius 1 is 1.29 bits per heavy atom. The fourth-order valence-corrected chi connectivity index (χ4v) is 1.17. The minimum absolute atomic E-state index is 0.00708. The summed E-state index contributed by atoms with van der Waals surface area (Å²) in [6.07, 6.45) is 5.34. The molecule has 5 nitrogen and oxygen atoms in total. The van der Waals surface area contributed by atoms with Crippen LogP contribution in [0.2, 0.25) is 0 Å². The lowest BCUT2D eigenvalue weighted by molar-refractivity contribution is 0.0677. The average molecular weight is 234 g/mol. The van der Waals surface area contributed by atoms with E-state index < -0.39 is 11.9 Å². The van der Waals surface area contributed by atoms with Crippen molar-refractivity contribution in [1.29, 1.82) is 0 Å².